The summed E-state index contributed by atoms with van der Waals surface area (Å²) in [7, 11) is -3.75. The molecule has 1 rings (SSSR count). The standard InChI is InChI=1S/C13H15N3O4S/c1-2-16(7-3-6-14)21(19,20)12-8-11(9-15-10-12)4-5-13(17)18/h4-5,8-10H,2-3,7H2,1H3,(H,17,18). The van der Waals surface area contributed by atoms with Crippen LogP contribution < -0.4 is 0 Å². The van der Waals surface area contributed by atoms with Gasteiger partial charge in [-0.05, 0) is 17.7 Å². The minimum Gasteiger partial charge on any atom is -0.478 e. The van der Waals surface area contributed by atoms with E-state index >= 15 is 0 Å². The number of sulfonamides is 1. The normalized spacial score (nSPS) is 11.7. The molecule has 0 amide bonds. The molecule has 1 aromatic heterocycles. The Kier molecular flexibility index (Phi) is 6.02. The second kappa shape index (κ2) is 7.52. The molecule has 0 aliphatic rings. The van der Waals surface area contributed by atoms with Crippen molar-refractivity contribution in [3.63, 3.8) is 0 Å². The van der Waals surface area contributed by atoms with Crippen LogP contribution in [0.4, 0.5) is 0 Å². The summed E-state index contributed by atoms with van der Waals surface area (Å²) < 4.78 is 26.0. The quantitative estimate of drug-likeness (QED) is 0.755. The first-order valence-corrected chi connectivity index (χ1v) is 7.59. The number of carboxylic acids is 1. The van der Waals surface area contributed by atoms with Gasteiger partial charge in [-0.25, -0.2) is 13.2 Å². The molecule has 0 aromatic carbocycles. The number of carboxylic acid groups (broad SMARTS) is 1. The minimum absolute atomic E-state index is 0.0326. The number of pyridine rings is 1. The molecule has 0 fully saturated rings. The van der Waals surface area contributed by atoms with Crippen molar-refractivity contribution in [2.24, 2.45) is 0 Å². The van der Waals surface area contributed by atoms with E-state index in [2.05, 4.69) is 4.98 Å². The van der Waals surface area contributed by atoms with Crippen LogP contribution in [0.1, 0.15) is 18.9 Å². The largest absolute Gasteiger partial charge is 0.478 e. The number of hydrogen-bond acceptors (Lipinski definition) is 5. The van der Waals surface area contributed by atoms with Crippen molar-refractivity contribution in [3.05, 3.63) is 30.1 Å². The Hall–Kier alpha value is -2.24. The van der Waals surface area contributed by atoms with Gasteiger partial charge in [-0.1, -0.05) is 6.92 Å². The Bertz CT molecular complexity index is 677. The number of nitrogens with zero attached hydrogens (tertiary/aromatic N) is 3. The second-order valence-electron chi connectivity index (χ2n) is 4.03. The molecule has 112 valence electrons. The average Bonchev–Trinajstić information content (AvgIpc) is 2.46. The van der Waals surface area contributed by atoms with Crippen LogP contribution in [-0.2, 0) is 14.8 Å². The van der Waals surface area contributed by atoms with Gasteiger partial charge in [0.1, 0.15) is 4.90 Å². The molecule has 0 spiro atoms. The summed E-state index contributed by atoms with van der Waals surface area (Å²) in [5.74, 6) is -1.13. The molecule has 0 bridgehead atoms. The van der Waals surface area contributed by atoms with E-state index in [9.17, 15) is 13.2 Å². The fourth-order valence-electron chi connectivity index (χ4n) is 1.61. The first-order valence-electron chi connectivity index (χ1n) is 6.15. The minimum atomic E-state index is -3.75. The third kappa shape index (κ3) is 4.66. The summed E-state index contributed by atoms with van der Waals surface area (Å²) >= 11 is 0. The lowest BCUT2D eigenvalue weighted by Gasteiger charge is -2.19. The Balaban J connectivity index is 3.11. The first kappa shape index (κ1) is 16.8. The summed E-state index contributed by atoms with van der Waals surface area (Å²) in [6.45, 7) is 2.01. The molecule has 21 heavy (non-hydrogen) atoms. The van der Waals surface area contributed by atoms with Crippen LogP contribution >= 0.6 is 0 Å². The molecule has 0 aliphatic carbocycles. The SMILES string of the molecule is CCN(CCC#N)S(=O)(=O)c1cncc(C=CC(=O)O)c1. The second-order valence-corrected chi connectivity index (χ2v) is 5.97. The molecule has 0 unspecified atom stereocenters. The Morgan fingerprint density at radius 1 is 1.52 bits per heavy atom. The van der Waals surface area contributed by atoms with E-state index in [1.165, 1.54) is 28.8 Å². The summed E-state index contributed by atoms with van der Waals surface area (Å²) in [6, 6.07) is 3.25. The molecule has 0 saturated heterocycles. The van der Waals surface area contributed by atoms with Gasteiger partial charge in [0.05, 0.1) is 6.07 Å². The van der Waals surface area contributed by atoms with Crippen molar-refractivity contribution >= 4 is 22.1 Å². The predicted octanol–water partition coefficient (Wildman–Crippen LogP) is 1.10. The van der Waals surface area contributed by atoms with Crippen LogP contribution in [0.3, 0.4) is 0 Å². The predicted molar refractivity (Wildman–Crippen MR) is 75.6 cm³/mol. The van der Waals surface area contributed by atoms with Crippen LogP contribution in [0.25, 0.3) is 6.08 Å². The molecule has 8 heteroatoms. The molecule has 0 aliphatic heterocycles. The average molecular weight is 309 g/mol. The molecule has 7 nitrogen and oxygen atoms in total. The van der Waals surface area contributed by atoms with Gasteiger partial charge in [0.2, 0.25) is 10.0 Å². The van der Waals surface area contributed by atoms with E-state index in [0.717, 1.165) is 6.08 Å². The fraction of sp³-hybridized carbons (Fsp3) is 0.308. The molecule has 1 N–H and O–H groups in total. The lowest BCUT2D eigenvalue weighted by atomic mass is 10.2. The van der Waals surface area contributed by atoms with Crippen LogP contribution in [0.5, 0.6) is 0 Å². The number of aromatic nitrogens is 1. The number of rotatable bonds is 7. The van der Waals surface area contributed by atoms with E-state index in [0.29, 0.717) is 5.56 Å². The Morgan fingerprint density at radius 2 is 2.24 bits per heavy atom. The zero-order chi connectivity index (χ0) is 15.9. The van der Waals surface area contributed by atoms with Gasteiger partial charge >= 0.3 is 5.97 Å². The summed E-state index contributed by atoms with van der Waals surface area (Å²) in [5.41, 5.74) is 0.370. The number of aliphatic carboxylic acids is 1. The van der Waals surface area contributed by atoms with Crippen molar-refractivity contribution in [2.45, 2.75) is 18.2 Å². The van der Waals surface area contributed by atoms with Crippen molar-refractivity contribution in [2.75, 3.05) is 13.1 Å². The highest BCUT2D eigenvalue weighted by atomic mass is 32.2. The molecular weight excluding hydrogens is 294 g/mol. The highest BCUT2D eigenvalue weighted by Crippen LogP contribution is 2.16. The van der Waals surface area contributed by atoms with E-state index < -0.39 is 16.0 Å². The van der Waals surface area contributed by atoms with Crippen molar-refractivity contribution < 1.29 is 18.3 Å². The highest BCUT2D eigenvalue weighted by Gasteiger charge is 2.23. The molecule has 1 heterocycles. The van der Waals surface area contributed by atoms with Crippen molar-refractivity contribution in [3.8, 4) is 6.07 Å². The van der Waals surface area contributed by atoms with E-state index in [1.807, 2.05) is 6.07 Å². The number of nitriles is 1. The maximum Gasteiger partial charge on any atom is 0.328 e. The van der Waals surface area contributed by atoms with Crippen LogP contribution in [0.2, 0.25) is 0 Å². The zero-order valence-electron chi connectivity index (χ0n) is 11.4. The molecule has 0 saturated carbocycles. The third-order valence-electron chi connectivity index (χ3n) is 2.62. The summed E-state index contributed by atoms with van der Waals surface area (Å²) in [4.78, 5) is 14.2. The third-order valence-corrected chi connectivity index (χ3v) is 4.56. The maximum atomic E-state index is 12.4. The van der Waals surface area contributed by atoms with Gasteiger partial charge < -0.3 is 5.11 Å². The van der Waals surface area contributed by atoms with Gasteiger partial charge in [-0.15, -0.1) is 0 Å². The fourth-order valence-corrected chi connectivity index (χ4v) is 3.06. The lowest BCUT2D eigenvalue weighted by Crippen LogP contribution is -2.31. The smallest absolute Gasteiger partial charge is 0.328 e. The number of carbonyl (C=O) groups is 1. The molecular formula is C13H15N3O4S. The van der Waals surface area contributed by atoms with Gasteiger partial charge in [0.15, 0.2) is 0 Å². The van der Waals surface area contributed by atoms with E-state index in [4.69, 9.17) is 10.4 Å². The zero-order valence-corrected chi connectivity index (χ0v) is 12.2. The highest BCUT2D eigenvalue weighted by molar-refractivity contribution is 7.89. The topological polar surface area (TPSA) is 111 Å². The van der Waals surface area contributed by atoms with Gasteiger partial charge in [-0.3, -0.25) is 4.98 Å². The van der Waals surface area contributed by atoms with Crippen molar-refractivity contribution in [1.29, 1.82) is 5.26 Å². The maximum absolute atomic E-state index is 12.4. The Labute approximate surface area is 123 Å². The lowest BCUT2D eigenvalue weighted by molar-refractivity contribution is -0.131. The molecule has 1 aromatic rings. The van der Waals surface area contributed by atoms with Crippen molar-refractivity contribution in [1.82, 2.24) is 9.29 Å². The van der Waals surface area contributed by atoms with Gasteiger partial charge in [-0.2, -0.15) is 9.57 Å². The van der Waals surface area contributed by atoms with Gasteiger partial charge in [0, 0.05) is 38.0 Å². The van der Waals surface area contributed by atoms with Gasteiger partial charge in [0.25, 0.3) is 0 Å². The summed E-state index contributed by atoms with van der Waals surface area (Å²) in [6.07, 6.45) is 4.83. The first-order chi connectivity index (χ1) is 9.91. The molecule has 0 atom stereocenters. The summed E-state index contributed by atoms with van der Waals surface area (Å²) in [5, 5.41) is 17.1. The van der Waals surface area contributed by atoms with Crippen LogP contribution in [0.15, 0.2) is 29.4 Å². The van der Waals surface area contributed by atoms with E-state index in [1.54, 1.807) is 6.92 Å². The van der Waals surface area contributed by atoms with E-state index in [-0.39, 0.29) is 24.4 Å². The van der Waals surface area contributed by atoms with Crippen LogP contribution in [-0.4, -0.2) is 41.9 Å². The van der Waals surface area contributed by atoms with Crippen LogP contribution in [0, 0.1) is 11.3 Å². The molecule has 0 radical (unpaired) electrons. The Morgan fingerprint density at radius 3 is 2.81 bits per heavy atom. The monoisotopic (exact) mass is 309 g/mol. The number of hydrogen-bond donors (Lipinski definition) is 1.